The van der Waals surface area contributed by atoms with Gasteiger partial charge in [0.1, 0.15) is 0 Å². The Morgan fingerprint density at radius 3 is 1.03 bits per heavy atom. The van der Waals surface area contributed by atoms with E-state index in [1.807, 2.05) is 0 Å². The van der Waals surface area contributed by atoms with Gasteiger partial charge >= 0.3 is 5.97 Å². The van der Waals surface area contributed by atoms with E-state index in [9.17, 15) is 19.8 Å². The molecule has 0 aromatic carbocycles. The number of esters is 1. The van der Waals surface area contributed by atoms with Crippen LogP contribution in [-0.4, -0.2) is 47.4 Å². The summed E-state index contributed by atoms with van der Waals surface area (Å²) in [6, 6.07) is -0.540. The molecule has 6 heteroatoms. The van der Waals surface area contributed by atoms with Crippen LogP contribution in [0.3, 0.4) is 0 Å². The first-order valence-corrected chi connectivity index (χ1v) is 33.9. The third kappa shape index (κ3) is 61.0. The van der Waals surface area contributed by atoms with E-state index in [2.05, 4.69) is 67.8 Å². The molecule has 0 bridgehead atoms. The molecule has 0 radical (unpaired) electrons. The van der Waals surface area contributed by atoms with E-state index >= 15 is 0 Å². The SMILES string of the molecule is CCCCC/C=C\C/C=C\CCCCCCCCCC(=O)OCCCCCCCCCCC/C=C\C/C=C\CCCCCCCCCCCCCCCCCC(=O)NC(CO)C(O)CCCCCCCCCCCCC. The number of hydrogen-bond acceptors (Lipinski definition) is 5. The molecular formula is C70H131NO5. The van der Waals surface area contributed by atoms with E-state index in [0.717, 1.165) is 57.8 Å². The van der Waals surface area contributed by atoms with Crippen LogP contribution in [0.5, 0.6) is 0 Å². The molecule has 446 valence electrons. The van der Waals surface area contributed by atoms with Crippen molar-refractivity contribution in [3.8, 4) is 0 Å². The normalized spacial score (nSPS) is 12.8. The van der Waals surface area contributed by atoms with E-state index in [1.54, 1.807) is 0 Å². The summed E-state index contributed by atoms with van der Waals surface area (Å²) >= 11 is 0. The third-order valence-corrected chi connectivity index (χ3v) is 15.6. The highest BCUT2D eigenvalue weighted by Crippen LogP contribution is 2.18. The van der Waals surface area contributed by atoms with Gasteiger partial charge in [0.15, 0.2) is 0 Å². The molecule has 0 fully saturated rings. The summed E-state index contributed by atoms with van der Waals surface area (Å²) in [5, 5.41) is 23.2. The zero-order chi connectivity index (χ0) is 55.0. The number of unbranched alkanes of at least 4 members (excludes halogenated alkanes) is 44. The Morgan fingerprint density at radius 1 is 0.368 bits per heavy atom. The van der Waals surface area contributed by atoms with Gasteiger partial charge < -0.3 is 20.3 Å². The minimum atomic E-state index is -0.663. The molecule has 76 heavy (non-hydrogen) atoms. The molecule has 1 amide bonds. The smallest absolute Gasteiger partial charge is 0.305 e. The first-order valence-electron chi connectivity index (χ1n) is 33.9. The van der Waals surface area contributed by atoms with Gasteiger partial charge in [-0.05, 0) is 89.9 Å². The standard InChI is InChI=1S/C70H131NO5/c1-3-5-7-9-11-13-15-16-17-33-37-40-44-48-52-56-60-64-70(75)76-65-61-57-53-49-45-41-38-35-32-30-28-26-24-22-20-18-19-21-23-25-27-29-31-34-36-39-43-47-51-55-59-63-69(74)71-67(66-72)68(73)62-58-54-50-46-42-14-12-10-8-6-4-2/h11,13,16-17,20,22,26,28,67-68,72-73H,3-10,12,14-15,18-19,21,23-25,27,29-66H2,1-2H3,(H,71,74)/b13-11-,17-16-,22-20-,28-26-. The fourth-order valence-corrected chi connectivity index (χ4v) is 10.4. The predicted molar refractivity (Wildman–Crippen MR) is 333 cm³/mol. The van der Waals surface area contributed by atoms with Gasteiger partial charge in [-0.3, -0.25) is 9.59 Å². The monoisotopic (exact) mass is 1070 g/mol. The average molecular weight is 1070 g/mol. The Kier molecular flexibility index (Phi) is 63.5. The summed E-state index contributed by atoms with van der Waals surface area (Å²) in [6.07, 6.45) is 84.4. The molecule has 0 heterocycles. The van der Waals surface area contributed by atoms with Crippen molar-refractivity contribution in [2.45, 2.75) is 373 Å². The number of amides is 1. The highest BCUT2D eigenvalue weighted by atomic mass is 16.5. The number of rotatable bonds is 63. The fourth-order valence-electron chi connectivity index (χ4n) is 10.4. The molecule has 0 aliphatic heterocycles. The maximum Gasteiger partial charge on any atom is 0.305 e. The van der Waals surface area contributed by atoms with E-state index in [0.29, 0.717) is 25.9 Å². The van der Waals surface area contributed by atoms with Crippen LogP contribution in [0.2, 0.25) is 0 Å². The highest BCUT2D eigenvalue weighted by molar-refractivity contribution is 5.76. The van der Waals surface area contributed by atoms with Gasteiger partial charge in [-0.15, -0.1) is 0 Å². The quantitative estimate of drug-likeness (QED) is 0.0320. The summed E-state index contributed by atoms with van der Waals surface area (Å²) in [7, 11) is 0. The minimum Gasteiger partial charge on any atom is -0.466 e. The summed E-state index contributed by atoms with van der Waals surface area (Å²) in [6.45, 7) is 4.93. The molecule has 0 saturated heterocycles. The van der Waals surface area contributed by atoms with E-state index in [1.165, 1.54) is 270 Å². The molecule has 0 aromatic rings. The maximum absolute atomic E-state index is 12.5. The predicted octanol–water partition coefficient (Wildman–Crippen LogP) is 21.7. The van der Waals surface area contributed by atoms with Crippen LogP contribution >= 0.6 is 0 Å². The minimum absolute atomic E-state index is 0.00531. The molecule has 2 unspecified atom stereocenters. The van der Waals surface area contributed by atoms with Gasteiger partial charge in [0.05, 0.1) is 25.4 Å². The average Bonchev–Trinajstić information content (AvgIpc) is 3.42. The molecule has 0 rings (SSSR count). The van der Waals surface area contributed by atoms with Gasteiger partial charge in [0.25, 0.3) is 0 Å². The number of hydrogen-bond donors (Lipinski definition) is 3. The number of carbonyl (C=O) groups excluding carboxylic acids is 2. The lowest BCUT2D eigenvalue weighted by Crippen LogP contribution is -2.45. The van der Waals surface area contributed by atoms with E-state index < -0.39 is 12.1 Å². The molecule has 6 nitrogen and oxygen atoms in total. The number of aliphatic hydroxyl groups is 2. The van der Waals surface area contributed by atoms with Crippen LogP contribution in [0.1, 0.15) is 361 Å². The number of allylic oxidation sites excluding steroid dienone is 8. The maximum atomic E-state index is 12.5. The first kappa shape index (κ1) is 73.8. The van der Waals surface area contributed by atoms with Crippen molar-refractivity contribution < 1.29 is 24.5 Å². The Hall–Kier alpha value is -2.18. The fraction of sp³-hybridized carbons (Fsp3) is 0.857. The van der Waals surface area contributed by atoms with E-state index in [4.69, 9.17) is 4.74 Å². The Labute approximate surface area is 474 Å². The van der Waals surface area contributed by atoms with Gasteiger partial charge in [-0.2, -0.15) is 0 Å². The largest absolute Gasteiger partial charge is 0.466 e. The van der Waals surface area contributed by atoms with Gasteiger partial charge in [0.2, 0.25) is 5.91 Å². The number of carbonyl (C=O) groups is 2. The highest BCUT2D eigenvalue weighted by Gasteiger charge is 2.20. The molecule has 0 saturated carbocycles. The van der Waals surface area contributed by atoms with E-state index in [-0.39, 0.29) is 18.5 Å². The van der Waals surface area contributed by atoms with Crippen molar-refractivity contribution >= 4 is 11.9 Å². The van der Waals surface area contributed by atoms with Crippen molar-refractivity contribution in [3.63, 3.8) is 0 Å². The second kappa shape index (κ2) is 65.3. The zero-order valence-corrected chi connectivity index (χ0v) is 51.0. The molecular weight excluding hydrogens is 935 g/mol. The lowest BCUT2D eigenvalue weighted by molar-refractivity contribution is -0.143. The Morgan fingerprint density at radius 2 is 0.658 bits per heavy atom. The van der Waals surface area contributed by atoms with Crippen molar-refractivity contribution in [3.05, 3.63) is 48.6 Å². The van der Waals surface area contributed by atoms with Crippen LogP contribution in [0, 0.1) is 0 Å². The van der Waals surface area contributed by atoms with Crippen LogP contribution < -0.4 is 5.32 Å². The summed E-state index contributed by atoms with van der Waals surface area (Å²) in [5.74, 6) is -0.0293. The van der Waals surface area contributed by atoms with Crippen LogP contribution in [-0.2, 0) is 14.3 Å². The summed E-state index contributed by atoms with van der Waals surface area (Å²) in [5.41, 5.74) is 0. The molecule has 0 aliphatic carbocycles. The second-order valence-electron chi connectivity index (χ2n) is 23.1. The number of aliphatic hydroxyl groups excluding tert-OH is 2. The van der Waals surface area contributed by atoms with Crippen LogP contribution in [0.4, 0.5) is 0 Å². The Bertz CT molecular complexity index is 1270. The summed E-state index contributed by atoms with van der Waals surface area (Å²) in [4.78, 5) is 24.5. The van der Waals surface area contributed by atoms with Crippen molar-refractivity contribution in [1.82, 2.24) is 5.32 Å². The van der Waals surface area contributed by atoms with Crippen molar-refractivity contribution in [1.29, 1.82) is 0 Å². The van der Waals surface area contributed by atoms with Crippen LogP contribution in [0.15, 0.2) is 48.6 Å². The molecule has 0 aliphatic rings. The Balaban J connectivity index is 3.38. The van der Waals surface area contributed by atoms with Crippen molar-refractivity contribution in [2.24, 2.45) is 0 Å². The topological polar surface area (TPSA) is 95.9 Å². The van der Waals surface area contributed by atoms with Crippen LogP contribution in [0.25, 0.3) is 0 Å². The van der Waals surface area contributed by atoms with Crippen molar-refractivity contribution in [2.75, 3.05) is 13.2 Å². The summed E-state index contributed by atoms with van der Waals surface area (Å²) < 4.78 is 5.49. The lowest BCUT2D eigenvalue weighted by atomic mass is 10.0. The molecule has 3 N–H and O–H groups in total. The first-order chi connectivity index (χ1) is 37.5. The van der Waals surface area contributed by atoms with Gasteiger partial charge in [-0.25, -0.2) is 0 Å². The number of ether oxygens (including phenoxy) is 1. The zero-order valence-electron chi connectivity index (χ0n) is 51.0. The molecule has 0 aromatic heterocycles. The third-order valence-electron chi connectivity index (χ3n) is 15.6. The molecule has 2 atom stereocenters. The lowest BCUT2D eigenvalue weighted by Gasteiger charge is -2.22. The second-order valence-corrected chi connectivity index (χ2v) is 23.1. The number of nitrogens with one attached hydrogen (secondary N) is 1. The van der Waals surface area contributed by atoms with Gasteiger partial charge in [-0.1, -0.05) is 306 Å². The van der Waals surface area contributed by atoms with Gasteiger partial charge in [0, 0.05) is 12.8 Å². The molecule has 0 spiro atoms.